The Balaban J connectivity index is 1.37. The fourth-order valence-electron chi connectivity index (χ4n) is 3.67. The van der Waals surface area contributed by atoms with Gasteiger partial charge in [-0.25, -0.2) is 4.98 Å². The van der Waals surface area contributed by atoms with Crippen LogP contribution < -0.4 is 0 Å². The number of piperidine rings is 1. The van der Waals surface area contributed by atoms with Gasteiger partial charge in [-0.3, -0.25) is 4.79 Å². The van der Waals surface area contributed by atoms with Crippen molar-refractivity contribution < 1.29 is 4.79 Å². The van der Waals surface area contributed by atoms with Crippen molar-refractivity contribution >= 4 is 17.7 Å². The summed E-state index contributed by atoms with van der Waals surface area (Å²) in [6.45, 7) is 2.77. The van der Waals surface area contributed by atoms with Crippen molar-refractivity contribution in [2.75, 3.05) is 19.3 Å². The van der Waals surface area contributed by atoms with Crippen molar-refractivity contribution in [3.63, 3.8) is 0 Å². The maximum Gasteiger partial charge on any atom is 0.253 e. The molecule has 0 atom stereocenters. The highest BCUT2D eigenvalue weighted by atomic mass is 32.2. The van der Waals surface area contributed by atoms with Crippen LogP contribution in [-0.2, 0) is 6.54 Å². The summed E-state index contributed by atoms with van der Waals surface area (Å²) in [5.41, 5.74) is 0.798. The second kappa shape index (κ2) is 7.24. The van der Waals surface area contributed by atoms with Gasteiger partial charge in [0.1, 0.15) is 5.82 Å². The van der Waals surface area contributed by atoms with Gasteiger partial charge in [0.25, 0.3) is 5.91 Å². The van der Waals surface area contributed by atoms with Crippen LogP contribution in [0.4, 0.5) is 0 Å². The lowest BCUT2D eigenvalue weighted by Crippen LogP contribution is -2.38. The summed E-state index contributed by atoms with van der Waals surface area (Å²) in [6.07, 6.45) is 10.8. The monoisotopic (exact) mass is 355 g/mol. The molecule has 0 spiro atoms. The lowest BCUT2D eigenvalue weighted by Gasteiger charge is -2.32. The van der Waals surface area contributed by atoms with Crippen molar-refractivity contribution in [2.45, 2.75) is 43.0 Å². The van der Waals surface area contributed by atoms with Crippen molar-refractivity contribution in [3.05, 3.63) is 48.0 Å². The van der Waals surface area contributed by atoms with Gasteiger partial charge in [-0.15, -0.1) is 11.8 Å². The number of thioether (sulfide) groups is 1. The minimum Gasteiger partial charge on any atom is -0.339 e. The minimum absolute atomic E-state index is 0.160. The summed E-state index contributed by atoms with van der Waals surface area (Å²) >= 11 is 1.70. The van der Waals surface area contributed by atoms with Gasteiger partial charge in [0.2, 0.25) is 0 Å². The number of amides is 1. The zero-order valence-electron chi connectivity index (χ0n) is 14.7. The molecule has 1 aromatic carbocycles. The van der Waals surface area contributed by atoms with Crippen LogP contribution in [0.15, 0.2) is 41.6 Å². The minimum atomic E-state index is 0.160. The Morgan fingerprint density at radius 2 is 1.88 bits per heavy atom. The molecule has 1 amide bonds. The normalized spacial score (nSPS) is 18.5. The van der Waals surface area contributed by atoms with Crippen molar-refractivity contribution in [2.24, 2.45) is 5.92 Å². The molecular weight excluding hydrogens is 330 g/mol. The Bertz CT molecular complexity index is 728. The van der Waals surface area contributed by atoms with E-state index in [2.05, 4.69) is 22.0 Å². The second-order valence-electron chi connectivity index (χ2n) is 7.18. The number of carbonyl (C=O) groups is 1. The standard InChI is InChI=1S/C20H25N3OS/c1-25-18-6-4-17(5-7-18)20(24)22-11-8-16(9-12-22)19-21-10-13-23(19)14-15-2-3-15/h4-7,10,13,15-16H,2-3,8-9,11-12,14H2,1H3. The number of aromatic nitrogens is 2. The number of benzene rings is 1. The van der Waals surface area contributed by atoms with Gasteiger partial charge in [0.05, 0.1) is 0 Å². The second-order valence-corrected chi connectivity index (χ2v) is 8.06. The van der Waals surface area contributed by atoms with E-state index in [1.54, 1.807) is 11.8 Å². The molecule has 25 heavy (non-hydrogen) atoms. The lowest BCUT2D eigenvalue weighted by molar-refractivity contribution is 0.0710. The number of imidazole rings is 1. The molecule has 1 aliphatic heterocycles. The third-order valence-electron chi connectivity index (χ3n) is 5.38. The van der Waals surface area contributed by atoms with E-state index in [0.717, 1.165) is 44.0 Å². The van der Waals surface area contributed by atoms with E-state index in [-0.39, 0.29) is 5.91 Å². The highest BCUT2D eigenvalue weighted by Crippen LogP contribution is 2.33. The summed E-state index contributed by atoms with van der Waals surface area (Å²) in [5.74, 6) is 2.73. The number of likely N-dealkylation sites (tertiary alicyclic amines) is 1. The van der Waals surface area contributed by atoms with E-state index >= 15 is 0 Å². The molecule has 0 unspecified atom stereocenters. The maximum absolute atomic E-state index is 12.7. The van der Waals surface area contributed by atoms with Crippen LogP contribution in [0, 0.1) is 5.92 Å². The highest BCUT2D eigenvalue weighted by Gasteiger charge is 2.28. The number of carbonyl (C=O) groups excluding carboxylic acids is 1. The van der Waals surface area contributed by atoms with Gasteiger partial charge >= 0.3 is 0 Å². The molecule has 2 aliphatic rings. The average molecular weight is 356 g/mol. The van der Waals surface area contributed by atoms with E-state index in [9.17, 15) is 4.79 Å². The fraction of sp³-hybridized carbons (Fsp3) is 0.500. The molecule has 1 aliphatic carbocycles. The molecule has 0 radical (unpaired) electrons. The third kappa shape index (κ3) is 3.76. The SMILES string of the molecule is CSc1ccc(C(=O)N2CCC(c3nccn3CC3CC3)CC2)cc1. The van der Waals surface area contributed by atoms with Gasteiger partial charge in [-0.05, 0) is 62.1 Å². The van der Waals surface area contributed by atoms with Gasteiger partial charge in [0.15, 0.2) is 0 Å². The molecule has 2 heterocycles. The third-order valence-corrected chi connectivity index (χ3v) is 6.13. The quantitative estimate of drug-likeness (QED) is 0.760. The van der Waals surface area contributed by atoms with Gasteiger partial charge < -0.3 is 9.47 Å². The van der Waals surface area contributed by atoms with Crippen LogP contribution in [0.5, 0.6) is 0 Å². The largest absolute Gasteiger partial charge is 0.339 e. The summed E-state index contributed by atoms with van der Waals surface area (Å²) in [5, 5.41) is 0. The molecule has 0 bridgehead atoms. The van der Waals surface area contributed by atoms with Gasteiger partial charge in [-0.1, -0.05) is 0 Å². The lowest BCUT2D eigenvalue weighted by atomic mass is 9.95. The van der Waals surface area contributed by atoms with Crippen LogP contribution in [-0.4, -0.2) is 39.7 Å². The molecule has 5 heteroatoms. The van der Waals surface area contributed by atoms with Gasteiger partial charge in [-0.2, -0.15) is 0 Å². The zero-order chi connectivity index (χ0) is 17.2. The fourth-order valence-corrected chi connectivity index (χ4v) is 4.08. The van der Waals surface area contributed by atoms with Gasteiger partial charge in [0, 0.05) is 48.4 Å². The first-order valence-corrected chi connectivity index (χ1v) is 10.4. The zero-order valence-corrected chi connectivity index (χ0v) is 15.5. The summed E-state index contributed by atoms with van der Waals surface area (Å²) in [4.78, 5) is 20.5. The first-order chi connectivity index (χ1) is 12.2. The van der Waals surface area contributed by atoms with E-state index in [4.69, 9.17) is 0 Å². The molecule has 2 aromatic rings. The average Bonchev–Trinajstić information content (AvgIpc) is 3.36. The van der Waals surface area contributed by atoms with E-state index < -0.39 is 0 Å². The summed E-state index contributed by atoms with van der Waals surface area (Å²) in [6, 6.07) is 7.95. The number of nitrogens with zero attached hydrogens (tertiary/aromatic N) is 3. The molecular formula is C20H25N3OS. The van der Waals surface area contributed by atoms with E-state index in [1.165, 1.54) is 23.6 Å². The first-order valence-electron chi connectivity index (χ1n) is 9.19. The number of rotatable bonds is 5. The Morgan fingerprint density at radius 3 is 2.52 bits per heavy atom. The first kappa shape index (κ1) is 16.7. The Hall–Kier alpha value is -1.75. The smallest absolute Gasteiger partial charge is 0.253 e. The van der Waals surface area contributed by atoms with E-state index in [1.807, 2.05) is 35.4 Å². The van der Waals surface area contributed by atoms with Crippen LogP contribution in [0.2, 0.25) is 0 Å². The predicted octanol–water partition coefficient (Wildman–Crippen LogP) is 4.03. The van der Waals surface area contributed by atoms with Crippen LogP contribution in [0.1, 0.15) is 47.8 Å². The molecule has 1 saturated carbocycles. The predicted molar refractivity (Wildman–Crippen MR) is 101 cm³/mol. The van der Waals surface area contributed by atoms with E-state index in [0.29, 0.717) is 5.92 Å². The topological polar surface area (TPSA) is 38.1 Å². The Morgan fingerprint density at radius 1 is 1.16 bits per heavy atom. The number of hydrogen-bond donors (Lipinski definition) is 0. The van der Waals surface area contributed by atoms with Crippen LogP contribution in [0.3, 0.4) is 0 Å². The Labute approximate surface area is 153 Å². The highest BCUT2D eigenvalue weighted by molar-refractivity contribution is 7.98. The molecule has 1 aromatic heterocycles. The maximum atomic E-state index is 12.7. The Kier molecular flexibility index (Phi) is 4.84. The van der Waals surface area contributed by atoms with Crippen molar-refractivity contribution in [1.29, 1.82) is 0 Å². The molecule has 1 saturated heterocycles. The van der Waals surface area contributed by atoms with Crippen molar-refractivity contribution in [1.82, 2.24) is 14.5 Å². The van der Waals surface area contributed by atoms with Crippen molar-refractivity contribution in [3.8, 4) is 0 Å². The number of hydrogen-bond acceptors (Lipinski definition) is 3. The molecule has 4 rings (SSSR count). The molecule has 0 N–H and O–H groups in total. The molecule has 4 nitrogen and oxygen atoms in total. The van der Waals surface area contributed by atoms with Crippen LogP contribution in [0.25, 0.3) is 0 Å². The molecule has 2 fully saturated rings. The molecule has 132 valence electrons. The summed E-state index contributed by atoms with van der Waals surface area (Å²) < 4.78 is 2.35. The summed E-state index contributed by atoms with van der Waals surface area (Å²) in [7, 11) is 0. The van der Waals surface area contributed by atoms with Crippen LogP contribution >= 0.6 is 11.8 Å².